The summed E-state index contributed by atoms with van der Waals surface area (Å²) in [5.41, 5.74) is 5.43. The fraction of sp³-hybridized carbons (Fsp3) is 0.875. The van der Waals surface area contributed by atoms with Crippen LogP contribution in [0.5, 0.6) is 0 Å². The van der Waals surface area contributed by atoms with Crippen molar-refractivity contribution in [1.82, 2.24) is 0 Å². The summed E-state index contributed by atoms with van der Waals surface area (Å²) >= 11 is 0. The lowest BCUT2D eigenvalue weighted by atomic mass is 9.60. The van der Waals surface area contributed by atoms with Gasteiger partial charge in [0.2, 0.25) is 0 Å². The molecule has 3 aliphatic carbocycles. The molecular weight excluding hydrogens is 142 g/mol. The minimum absolute atomic E-state index is 0.221. The molecule has 11 heavy (non-hydrogen) atoms. The zero-order chi connectivity index (χ0) is 8.11. The van der Waals surface area contributed by atoms with Crippen LogP contribution in [0.3, 0.4) is 0 Å². The molecule has 0 aliphatic heterocycles. The second-order valence-corrected chi connectivity index (χ2v) is 4.14. The van der Waals surface area contributed by atoms with Gasteiger partial charge < -0.3 is 10.8 Å². The molecule has 0 aromatic rings. The molecule has 2 bridgehead atoms. The minimum atomic E-state index is -0.612. The Hall–Kier alpha value is -0.570. The molecule has 0 unspecified atom stereocenters. The molecule has 62 valence electrons. The summed E-state index contributed by atoms with van der Waals surface area (Å²) in [6, 6.07) is 0. The Labute approximate surface area is 65.6 Å². The van der Waals surface area contributed by atoms with Gasteiger partial charge in [0.15, 0.2) is 0 Å². The summed E-state index contributed by atoms with van der Waals surface area (Å²) in [6.45, 7) is 0.669. The van der Waals surface area contributed by atoms with Crippen molar-refractivity contribution in [1.29, 1.82) is 0 Å². The summed E-state index contributed by atoms with van der Waals surface area (Å²) in [5, 5.41) is 8.88. The molecule has 0 aromatic heterocycles. The normalized spacial score (nSPS) is 47.0. The van der Waals surface area contributed by atoms with E-state index in [1.54, 1.807) is 0 Å². The molecule has 3 nitrogen and oxygen atoms in total. The second kappa shape index (κ2) is 1.78. The molecule has 3 fully saturated rings. The number of hydrogen-bond donors (Lipinski definition) is 2. The molecule has 0 heterocycles. The van der Waals surface area contributed by atoms with Crippen molar-refractivity contribution in [2.24, 2.45) is 16.6 Å². The summed E-state index contributed by atoms with van der Waals surface area (Å²) in [6.07, 6.45) is 3.52. The van der Waals surface area contributed by atoms with Crippen LogP contribution in [0.15, 0.2) is 0 Å². The number of rotatable bonds is 2. The van der Waals surface area contributed by atoms with Crippen molar-refractivity contribution in [3.63, 3.8) is 0 Å². The Bertz CT molecular complexity index is 206. The van der Waals surface area contributed by atoms with Gasteiger partial charge in [-0.3, -0.25) is 4.79 Å². The molecule has 0 spiro atoms. The number of carboxylic acids is 1. The molecule has 3 saturated carbocycles. The minimum Gasteiger partial charge on any atom is -0.481 e. The van der Waals surface area contributed by atoms with Gasteiger partial charge in [0.1, 0.15) is 0 Å². The van der Waals surface area contributed by atoms with Gasteiger partial charge in [0.25, 0.3) is 0 Å². The average Bonchev–Trinajstić information content (AvgIpc) is 2.39. The first-order chi connectivity index (χ1) is 5.13. The van der Waals surface area contributed by atoms with Crippen molar-refractivity contribution in [2.75, 3.05) is 6.54 Å². The molecule has 0 atom stereocenters. The van der Waals surface area contributed by atoms with E-state index >= 15 is 0 Å². The van der Waals surface area contributed by atoms with E-state index in [1.165, 1.54) is 0 Å². The van der Waals surface area contributed by atoms with Crippen molar-refractivity contribution in [3.8, 4) is 0 Å². The Morgan fingerprint density at radius 2 is 2.09 bits per heavy atom. The SMILES string of the molecule is NCC12CCC(C(=O)O)(C1)C2. The highest BCUT2D eigenvalue weighted by atomic mass is 16.4. The van der Waals surface area contributed by atoms with Gasteiger partial charge in [-0.2, -0.15) is 0 Å². The van der Waals surface area contributed by atoms with E-state index in [2.05, 4.69) is 0 Å². The second-order valence-electron chi connectivity index (χ2n) is 4.14. The van der Waals surface area contributed by atoms with Crippen molar-refractivity contribution < 1.29 is 9.90 Å². The van der Waals surface area contributed by atoms with Crippen molar-refractivity contribution >= 4 is 5.97 Å². The van der Waals surface area contributed by atoms with E-state index < -0.39 is 5.97 Å². The van der Waals surface area contributed by atoms with Crippen molar-refractivity contribution in [2.45, 2.75) is 25.7 Å². The Morgan fingerprint density at radius 3 is 2.36 bits per heavy atom. The first-order valence-electron chi connectivity index (χ1n) is 4.06. The number of fused-ring (bicyclic) bond motifs is 1. The monoisotopic (exact) mass is 155 g/mol. The van der Waals surface area contributed by atoms with Crippen molar-refractivity contribution in [3.05, 3.63) is 0 Å². The summed E-state index contributed by atoms with van der Waals surface area (Å²) in [5.74, 6) is -0.612. The zero-order valence-corrected chi connectivity index (χ0v) is 6.47. The Kier molecular flexibility index (Phi) is 1.15. The molecule has 0 aromatic carbocycles. The standard InChI is InChI=1S/C8H13NO2/c9-5-7-1-2-8(3-7,4-7)6(10)11/h1-5,9H2,(H,10,11). The maximum absolute atomic E-state index is 10.8. The topological polar surface area (TPSA) is 63.3 Å². The van der Waals surface area contributed by atoms with E-state index in [-0.39, 0.29) is 10.8 Å². The van der Waals surface area contributed by atoms with Crippen LogP contribution in [0.1, 0.15) is 25.7 Å². The lowest BCUT2D eigenvalue weighted by molar-refractivity contribution is -0.156. The maximum atomic E-state index is 10.8. The molecule has 3 N–H and O–H groups in total. The predicted octanol–water partition coefficient (Wildman–Crippen LogP) is 0.590. The third-order valence-corrected chi connectivity index (χ3v) is 3.45. The molecule has 0 radical (unpaired) electrons. The number of hydrogen-bond acceptors (Lipinski definition) is 2. The van der Waals surface area contributed by atoms with E-state index in [0.29, 0.717) is 6.54 Å². The molecule has 3 heteroatoms. The van der Waals surface area contributed by atoms with E-state index in [9.17, 15) is 4.79 Å². The first-order valence-corrected chi connectivity index (χ1v) is 4.06. The van der Waals surface area contributed by atoms with Crippen LogP contribution in [0.4, 0.5) is 0 Å². The maximum Gasteiger partial charge on any atom is 0.309 e. The quantitative estimate of drug-likeness (QED) is 0.613. The van der Waals surface area contributed by atoms with Crippen LogP contribution in [0, 0.1) is 10.8 Å². The molecule has 0 amide bonds. The van der Waals surface area contributed by atoms with Gasteiger partial charge in [-0.05, 0) is 37.6 Å². The number of aliphatic carboxylic acids is 1. The third kappa shape index (κ3) is 0.692. The fourth-order valence-electron chi connectivity index (χ4n) is 2.75. The van der Waals surface area contributed by atoms with Gasteiger partial charge in [-0.1, -0.05) is 0 Å². The van der Waals surface area contributed by atoms with Gasteiger partial charge in [0, 0.05) is 0 Å². The Balaban J connectivity index is 2.14. The van der Waals surface area contributed by atoms with Crippen LogP contribution >= 0.6 is 0 Å². The summed E-state index contributed by atoms with van der Waals surface area (Å²) in [7, 11) is 0. The highest BCUT2D eigenvalue weighted by Crippen LogP contribution is 2.66. The highest BCUT2D eigenvalue weighted by Gasteiger charge is 2.63. The fourth-order valence-corrected chi connectivity index (χ4v) is 2.75. The van der Waals surface area contributed by atoms with Crippen LogP contribution < -0.4 is 5.73 Å². The van der Waals surface area contributed by atoms with Gasteiger partial charge >= 0.3 is 5.97 Å². The first kappa shape index (κ1) is 7.10. The van der Waals surface area contributed by atoms with E-state index in [1.807, 2.05) is 0 Å². The number of carbonyl (C=O) groups is 1. The van der Waals surface area contributed by atoms with Crippen LogP contribution in [-0.4, -0.2) is 17.6 Å². The van der Waals surface area contributed by atoms with E-state index in [4.69, 9.17) is 10.8 Å². The third-order valence-electron chi connectivity index (χ3n) is 3.45. The predicted molar refractivity (Wildman–Crippen MR) is 40.0 cm³/mol. The van der Waals surface area contributed by atoms with Gasteiger partial charge in [-0.25, -0.2) is 0 Å². The number of nitrogens with two attached hydrogens (primary N) is 1. The van der Waals surface area contributed by atoms with Gasteiger partial charge in [0.05, 0.1) is 5.41 Å². The molecule has 3 aliphatic rings. The van der Waals surface area contributed by atoms with Gasteiger partial charge in [-0.15, -0.1) is 0 Å². The van der Waals surface area contributed by atoms with E-state index in [0.717, 1.165) is 25.7 Å². The Morgan fingerprint density at radius 1 is 1.45 bits per heavy atom. The van der Waals surface area contributed by atoms with Crippen LogP contribution in [-0.2, 0) is 4.79 Å². The van der Waals surface area contributed by atoms with Crippen LogP contribution in [0.2, 0.25) is 0 Å². The smallest absolute Gasteiger partial charge is 0.309 e. The molecule has 3 rings (SSSR count). The highest BCUT2D eigenvalue weighted by molar-refractivity contribution is 5.77. The molecule has 0 saturated heterocycles. The summed E-state index contributed by atoms with van der Waals surface area (Å²) in [4.78, 5) is 10.8. The molecular formula is C8H13NO2. The average molecular weight is 155 g/mol. The largest absolute Gasteiger partial charge is 0.481 e. The van der Waals surface area contributed by atoms with Crippen LogP contribution in [0.25, 0.3) is 0 Å². The number of carboxylic acid groups (broad SMARTS) is 1. The summed E-state index contributed by atoms with van der Waals surface area (Å²) < 4.78 is 0. The zero-order valence-electron chi connectivity index (χ0n) is 6.47. The lowest BCUT2D eigenvalue weighted by Gasteiger charge is -2.43. The lowest BCUT2D eigenvalue weighted by Crippen LogP contribution is -2.46.